The Kier molecular flexibility index (Phi) is 5.17. The second-order valence-corrected chi connectivity index (χ2v) is 5.80. The highest BCUT2D eigenvalue weighted by Gasteiger charge is 2.30. The fourth-order valence-electron chi connectivity index (χ4n) is 2.27. The normalized spacial score (nSPS) is 11.2. The van der Waals surface area contributed by atoms with E-state index in [4.69, 9.17) is 0 Å². The van der Waals surface area contributed by atoms with Crippen LogP contribution in [0.15, 0.2) is 48.5 Å². The van der Waals surface area contributed by atoms with Crippen LogP contribution in [0.5, 0.6) is 0 Å². The van der Waals surface area contributed by atoms with Gasteiger partial charge < -0.3 is 9.80 Å². The van der Waals surface area contributed by atoms with Crippen LogP contribution in [0, 0.1) is 0 Å². The Bertz CT molecular complexity index is 692. The predicted molar refractivity (Wildman–Crippen MR) is 88.0 cm³/mol. The zero-order valence-corrected chi connectivity index (χ0v) is 13.8. The van der Waals surface area contributed by atoms with E-state index in [2.05, 4.69) is 0 Å². The molecule has 1 amide bonds. The molecule has 6 heteroatoms. The lowest BCUT2D eigenvalue weighted by Crippen LogP contribution is -2.26. The average molecular weight is 336 g/mol. The topological polar surface area (TPSA) is 23.6 Å². The van der Waals surface area contributed by atoms with Crippen molar-refractivity contribution in [2.75, 3.05) is 26.0 Å². The monoisotopic (exact) mass is 336 g/mol. The van der Waals surface area contributed by atoms with Crippen LogP contribution in [-0.2, 0) is 12.7 Å². The Morgan fingerprint density at radius 1 is 0.917 bits per heavy atom. The number of hydrogen-bond acceptors (Lipinski definition) is 2. The summed E-state index contributed by atoms with van der Waals surface area (Å²) in [6.45, 7) is 0.383. The molecular weight excluding hydrogens is 317 g/mol. The number of amides is 1. The minimum Gasteiger partial charge on any atom is -0.378 e. The molecule has 0 radical (unpaired) electrons. The highest BCUT2D eigenvalue weighted by atomic mass is 19.4. The third kappa shape index (κ3) is 4.28. The molecule has 0 aliphatic heterocycles. The van der Waals surface area contributed by atoms with Crippen molar-refractivity contribution in [3.63, 3.8) is 0 Å². The Morgan fingerprint density at radius 2 is 1.46 bits per heavy atom. The lowest BCUT2D eigenvalue weighted by atomic mass is 10.1. The summed E-state index contributed by atoms with van der Waals surface area (Å²) in [6.07, 6.45) is -4.40. The number of alkyl halides is 3. The molecule has 0 N–H and O–H groups in total. The lowest BCUT2D eigenvalue weighted by Gasteiger charge is -2.19. The number of anilines is 1. The van der Waals surface area contributed by atoms with Gasteiger partial charge in [0.05, 0.1) is 5.56 Å². The molecule has 0 aliphatic carbocycles. The summed E-state index contributed by atoms with van der Waals surface area (Å²) in [5, 5.41) is 0. The minimum atomic E-state index is -4.40. The van der Waals surface area contributed by atoms with Crippen molar-refractivity contribution < 1.29 is 18.0 Å². The summed E-state index contributed by atoms with van der Waals surface area (Å²) in [6, 6.07) is 12.0. The number of nitrogens with zero attached hydrogens (tertiary/aromatic N) is 2. The van der Waals surface area contributed by atoms with Crippen molar-refractivity contribution in [1.29, 1.82) is 0 Å². The highest BCUT2D eigenvalue weighted by Crippen LogP contribution is 2.29. The molecule has 2 aromatic rings. The third-order valence-electron chi connectivity index (χ3n) is 3.68. The Balaban J connectivity index is 2.06. The van der Waals surface area contributed by atoms with Gasteiger partial charge in [0, 0.05) is 38.9 Å². The molecule has 2 aromatic carbocycles. The SMILES string of the molecule is CN(Cc1ccc(N(C)C)cc1)C(=O)c1ccc(C(F)(F)F)cc1. The quantitative estimate of drug-likeness (QED) is 0.841. The van der Waals surface area contributed by atoms with E-state index in [9.17, 15) is 18.0 Å². The van der Waals surface area contributed by atoms with Gasteiger partial charge in [-0.15, -0.1) is 0 Å². The van der Waals surface area contributed by atoms with E-state index in [1.54, 1.807) is 7.05 Å². The molecule has 0 saturated carbocycles. The van der Waals surface area contributed by atoms with Crippen molar-refractivity contribution in [3.8, 4) is 0 Å². The fraction of sp³-hybridized carbons (Fsp3) is 0.278. The van der Waals surface area contributed by atoms with Gasteiger partial charge in [0.15, 0.2) is 0 Å². The number of carbonyl (C=O) groups is 1. The van der Waals surface area contributed by atoms with Crippen LogP contribution in [0.4, 0.5) is 18.9 Å². The summed E-state index contributed by atoms with van der Waals surface area (Å²) in [5.74, 6) is -0.319. The number of carbonyl (C=O) groups excluding carboxylic acids is 1. The van der Waals surface area contributed by atoms with E-state index in [0.717, 1.165) is 23.4 Å². The number of halogens is 3. The van der Waals surface area contributed by atoms with Crippen molar-refractivity contribution in [1.82, 2.24) is 4.90 Å². The van der Waals surface area contributed by atoms with Gasteiger partial charge in [-0.2, -0.15) is 13.2 Å². The molecule has 0 atom stereocenters. The maximum atomic E-state index is 12.6. The molecule has 0 fully saturated rings. The molecule has 2 rings (SSSR count). The van der Waals surface area contributed by atoms with Crippen molar-refractivity contribution in [3.05, 3.63) is 65.2 Å². The van der Waals surface area contributed by atoms with E-state index in [-0.39, 0.29) is 11.5 Å². The molecule has 24 heavy (non-hydrogen) atoms. The van der Waals surface area contributed by atoms with E-state index < -0.39 is 11.7 Å². The van der Waals surface area contributed by atoms with Gasteiger partial charge in [-0.25, -0.2) is 0 Å². The summed E-state index contributed by atoms with van der Waals surface area (Å²) in [5.41, 5.74) is 1.47. The van der Waals surface area contributed by atoms with E-state index in [0.29, 0.717) is 6.54 Å². The molecule has 0 bridgehead atoms. The van der Waals surface area contributed by atoms with Crippen LogP contribution >= 0.6 is 0 Å². The zero-order valence-electron chi connectivity index (χ0n) is 13.8. The van der Waals surface area contributed by atoms with Gasteiger partial charge in [0.2, 0.25) is 0 Å². The summed E-state index contributed by atoms with van der Waals surface area (Å²) in [7, 11) is 5.50. The Hall–Kier alpha value is -2.50. The summed E-state index contributed by atoms with van der Waals surface area (Å²) in [4.78, 5) is 15.8. The van der Waals surface area contributed by atoms with Crippen LogP contribution in [-0.4, -0.2) is 32.0 Å². The van der Waals surface area contributed by atoms with Crippen LogP contribution < -0.4 is 4.90 Å². The largest absolute Gasteiger partial charge is 0.416 e. The molecule has 0 unspecified atom stereocenters. The highest BCUT2D eigenvalue weighted by molar-refractivity contribution is 5.94. The first kappa shape index (κ1) is 17.8. The van der Waals surface area contributed by atoms with Gasteiger partial charge in [0.25, 0.3) is 5.91 Å². The molecule has 128 valence electrons. The van der Waals surface area contributed by atoms with Crippen LogP contribution in [0.3, 0.4) is 0 Å². The third-order valence-corrected chi connectivity index (χ3v) is 3.68. The standard InChI is InChI=1S/C18H19F3N2O/c1-22(2)16-10-4-13(5-11-16)12-23(3)17(24)14-6-8-15(9-7-14)18(19,20)21/h4-11H,12H2,1-3H3. The number of hydrogen-bond donors (Lipinski definition) is 0. The first-order valence-corrected chi connectivity index (χ1v) is 7.37. The second-order valence-electron chi connectivity index (χ2n) is 5.80. The lowest BCUT2D eigenvalue weighted by molar-refractivity contribution is -0.137. The Morgan fingerprint density at radius 3 is 1.92 bits per heavy atom. The number of rotatable bonds is 4. The zero-order chi connectivity index (χ0) is 17.9. The average Bonchev–Trinajstić information content (AvgIpc) is 2.54. The second kappa shape index (κ2) is 6.95. The first-order valence-electron chi connectivity index (χ1n) is 7.37. The summed E-state index contributed by atoms with van der Waals surface area (Å²) >= 11 is 0. The molecule has 0 spiro atoms. The molecule has 0 aliphatic rings. The predicted octanol–water partition coefficient (Wildman–Crippen LogP) is 4.04. The Labute approximate surface area is 139 Å². The molecular formula is C18H19F3N2O. The van der Waals surface area contributed by atoms with Crippen LogP contribution in [0.2, 0.25) is 0 Å². The van der Waals surface area contributed by atoms with Gasteiger partial charge in [-0.1, -0.05) is 12.1 Å². The minimum absolute atomic E-state index is 0.232. The molecule has 3 nitrogen and oxygen atoms in total. The van der Waals surface area contributed by atoms with Crippen LogP contribution in [0.25, 0.3) is 0 Å². The van der Waals surface area contributed by atoms with E-state index in [1.165, 1.54) is 17.0 Å². The molecule has 0 aromatic heterocycles. The van der Waals surface area contributed by atoms with Gasteiger partial charge in [-0.05, 0) is 42.0 Å². The fourth-order valence-corrected chi connectivity index (χ4v) is 2.27. The van der Waals surface area contributed by atoms with E-state index >= 15 is 0 Å². The van der Waals surface area contributed by atoms with Gasteiger partial charge in [0.1, 0.15) is 0 Å². The number of benzene rings is 2. The maximum absolute atomic E-state index is 12.6. The molecule has 0 saturated heterocycles. The van der Waals surface area contributed by atoms with Crippen molar-refractivity contribution in [2.24, 2.45) is 0 Å². The van der Waals surface area contributed by atoms with Crippen molar-refractivity contribution in [2.45, 2.75) is 12.7 Å². The van der Waals surface area contributed by atoms with Crippen molar-refractivity contribution >= 4 is 11.6 Å². The first-order chi connectivity index (χ1) is 11.2. The van der Waals surface area contributed by atoms with Crippen LogP contribution in [0.1, 0.15) is 21.5 Å². The van der Waals surface area contributed by atoms with Gasteiger partial charge >= 0.3 is 6.18 Å². The summed E-state index contributed by atoms with van der Waals surface area (Å²) < 4.78 is 37.7. The van der Waals surface area contributed by atoms with E-state index in [1.807, 2.05) is 43.3 Å². The smallest absolute Gasteiger partial charge is 0.378 e. The maximum Gasteiger partial charge on any atom is 0.416 e. The molecule has 0 heterocycles. The van der Waals surface area contributed by atoms with Gasteiger partial charge in [-0.3, -0.25) is 4.79 Å².